The van der Waals surface area contributed by atoms with E-state index in [1.807, 2.05) is 0 Å². The molecular weight excluding hydrogens is 424 g/mol. The predicted octanol–water partition coefficient (Wildman–Crippen LogP) is 4.49. The minimum atomic E-state index is -4.10. The van der Waals surface area contributed by atoms with Crippen LogP contribution in [-0.2, 0) is 16.4 Å². The Kier molecular flexibility index (Phi) is 5.28. The van der Waals surface area contributed by atoms with Crippen LogP contribution in [0, 0.1) is 11.6 Å². The van der Waals surface area contributed by atoms with Crippen molar-refractivity contribution in [3.8, 4) is 11.5 Å². The van der Waals surface area contributed by atoms with Crippen molar-refractivity contribution in [2.75, 3.05) is 0 Å². The first-order chi connectivity index (χ1) is 13.8. The van der Waals surface area contributed by atoms with E-state index in [-0.39, 0.29) is 16.5 Å². The average molecular weight is 440 g/mol. The van der Waals surface area contributed by atoms with Crippen molar-refractivity contribution in [2.24, 2.45) is 0 Å². The number of aromatic nitrogens is 2. The van der Waals surface area contributed by atoms with Gasteiger partial charge in [-0.15, -0.1) is 0 Å². The van der Waals surface area contributed by atoms with Crippen molar-refractivity contribution < 1.29 is 21.9 Å². The first-order valence-corrected chi connectivity index (χ1v) is 10.7. The molecule has 1 aliphatic rings. The Labute approximate surface area is 170 Å². The molecule has 2 N–H and O–H groups in total. The molecule has 0 saturated carbocycles. The summed E-state index contributed by atoms with van der Waals surface area (Å²) in [5.74, 6) is -1.46. The van der Waals surface area contributed by atoms with Gasteiger partial charge in [0, 0.05) is 17.3 Å². The van der Waals surface area contributed by atoms with Crippen molar-refractivity contribution in [2.45, 2.75) is 30.2 Å². The summed E-state index contributed by atoms with van der Waals surface area (Å²) in [6.07, 6.45) is 3.76. The molecule has 1 aromatic heterocycles. The molecule has 0 amide bonds. The fourth-order valence-electron chi connectivity index (χ4n) is 3.26. The van der Waals surface area contributed by atoms with Gasteiger partial charge in [0.1, 0.15) is 16.5 Å². The largest absolute Gasteiger partial charge is 0.454 e. The highest BCUT2D eigenvalue weighted by atomic mass is 35.5. The van der Waals surface area contributed by atoms with Crippen molar-refractivity contribution in [3.63, 3.8) is 0 Å². The van der Waals surface area contributed by atoms with E-state index in [0.29, 0.717) is 6.42 Å². The summed E-state index contributed by atoms with van der Waals surface area (Å²) < 4.78 is 61.1. The highest BCUT2D eigenvalue weighted by Crippen LogP contribution is 2.34. The minimum absolute atomic E-state index is 0.185. The van der Waals surface area contributed by atoms with Gasteiger partial charge in [0.05, 0.1) is 17.3 Å². The third kappa shape index (κ3) is 4.12. The number of halogens is 3. The SMILES string of the molecule is O=S(=O)(N[C@@H]1CCCc2[nH]ncc21)c1cc(F)c(Oc2ccc(F)cc2)cc1Cl. The van der Waals surface area contributed by atoms with Gasteiger partial charge in [-0.2, -0.15) is 5.10 Å². The van der Waals surface area contributed by atoms with Crippen molar-refractivity contribution >= 4 is 21.6 Å². The molecule has 0 spiro atoms. The molecule has 0 unspecified atom stereocenters. The first-order valence-electron chi connectivity index (χ1n) is 8.80. The zero-order chi connectivity index (χ0) is 20.6. The van der Waals surface area contributed by atoms with Crippen LogP contribution in [0.4, 0.5) is 8.78 Å². The Hall–Kier alpha value is -2.49. The molecule has 0 saturated heterocycles. The number of nitrogens with one attached hydrogen (secondary N) is 2. The quantitative estimate of drug-likeness (QED) is 0.613. The Morgan fingerprint density at radius 3 is 2.72 bits per heavy atom. The molecule has 3 aromatic rings. The minimum Gasteiger partial charge on any atom is -0.454 e. The van der Waals surface area contributed by atoms with Gasteiger partial charge in [0.2, 0.25) is 10.0 Å². The third-order valence-electron chi connectivity index (χ3n) is 4.66. The van der Waals surface area contributed by atoms with E-state index in [1.54, 1.807) is 6.20 Å². The van der Waals surface area contributed by atoms with E-state index in [1.165, 1.54) is 12.1 Å². The average Bonchev–Trinajstić information content (AvgIpc) is 3.16. The Bertz CT molecular complexity index is 1150. The fraction of sp³-hybridized carbons (Fsp3) is 0.211. The van der Waals surface area contributed by atoms with E-state index in [2.05, 4.69) is 14.9 Å². The van der Waals surface area contributed by atoms with E-state index in [4.69, 9.17) is 16.3 Å². The van der Waals surface area contributed by atoms with Crippen molar-refractivity contribution in [1.29, 1.82) is 0 Å². The van der Waals surface area contributed by atoms with Crippen LogP contribution in [0.5, 0.6) is 11.5 Å². The second-order valence-electron chi connectivity index (χ2n) is 6.64. The topological polar surface area (TPSA) is 84.1 Å². The first kappa shape index (κ1) is 19.8. The molecule has 6 nitrogen and oxygen atoms in total. The maximum atomic E-state index is 14.5. The summed E-state index contributed by atoms with van der Waals surface area (Å²) in [5.41, 5.74) is 1.65. The number of aryl methyl sites for hydroxylation is 1. The maximum Gasteiger partial charge on any atom is 0.242 e. The van der Waals surface area contributed by atoms with Crippen molar-refractivity contribution in [3.05, 3.63) is 70.5 Å². The lowest BCUT2D eigenvalue weighted by atomic mass is 9.94. The molecule has 152 valence electrons. The molecule has 1 atom stereocenters. The molecule has 0 bridgehead atoms. The molecule has 0 radical (unpaired) electrons. The highest BCUT2D eigenvalue weighted by molar-refractivity contribution is 7.89. The van der Waals surface area contributed by atoms with Gasteiger partial charge in [-0.25, -0.2) is 21.9 Å². The normalized spacial score (nSPS) is 16.4. The molecule has 2 aromatic carbocycles. The van der Waals surface area contributed by atoms with Crippen LogP contribution in [0.25, 0.3) is 0 Å². The Morgan fingerprint density at radius 1 is 1.21 bits per heavy atom. The summed E-state index contributed by atoms with van der Waals surface area (Å²) >= 11 is 6.13. The lowest BCUT2D eigenvalue weighted by Gasteiger charge is -2.23. The number of ether oxygens (including phenoxy) is 1. The monoisotopic (exact) mass is 439 g/mol. The molecule has 0 aliphatic heterocycles. The summed E-state index contributed by atoms with van der Waals surface area (Å²) in [4.78, 5) is -0.390. The number of aromatic amines is 1. The fourth-order valence-corrected chi connectivity index (χ4v) is 5.04. The molecule has 4 rings (SSSR count). The lowest BCUT2D eigenvalue weighted by Crippen LogP contribution is -2.31. The van der Waals surface area contributed by atoms with Gasteiger partial charge in [-0.3, -0.25) is 5.10 Å². The molecule has 0 fully saturated rings. The second-order valence-corrected chi connectivity index (χ2v) is 8.73. The Morgan fingerprint density at radius 2 is 1.97 bits per heavy atom. The van der Waals surface area contributed by atoms with Gasteiger partial charge < -0.3 is 4.74 Å². The van der Waals surface area contributed by atoms with Gasteiger partial charge >= 0.3 is 0 Å². The van der Waals surface area contributed by atoms with E-state index < -0.39 is 32.6 Å². The summed E-state index contributed by atoms with van der Waals surface area (Å²) in [6, 6.07) is 6.37. The number of sulfonamides is 1. The van der Waals surface area contributed by atoms with Gasteiger partial charge in [-0.1, -0.05) is 11.6 Å². The number of hydrogen-bond donors (Lipinski definition) is 2. The van der Waals surface area contributed by atoms with Crippen LogP contribution in [0.3, 0.4) is 0 Å². The van der Waals surface area contributed by atoms with Crippen molar-refractivity contribution in [1.82, 2.24) is 14.9 Å². The maximum absolute atomic E-state index is 14.5. The summed E-state index contributed by atoms with van der Waals surface area (Å²) in [5, 5.41) is 6.62. The van der Waals surface area contributed by atoms with E-state index in [0.717, 1.165) is 48.4 Å². The number of benzene rings is 2. The zero-order valence-corrected chi connectivity index (χ0v) is 16.5. The van der Waals surface area contributed by atoms with E-state index >= 15 is 0 Å². The Balaban J connectivity index is 1.60. The van der Waals surface area contributed by atoms with Crippen LogP contribution in [0.15, 0.2) is 47.5 Å². The molecule has 29 heavy (non-hydrogen) atoms. The van der Waals surface area contributed by atoms with Gasteiger partial charge in [0.15, 0.2) is 11.6 Å². The number of nitrogens with zero attached hydrogens (tertiary/aromatic N) is 1. The van der Waals surface area contributed by atoms with Crippen LogP contribution < -0.4 is 9.46 Å². The molecular formula is C19H16ClF2N3O3S. The predicted molar refractivity (Wildman–Crippen MR) is 102 cm³/mol. The van der Waals surface area contributed by atoms with Crippen LogP contribution in [-0.4, -0.2) is 18.6 Å². The second kappa shape index (κ2) is 7.74. The molecule has 1 heterocycles. The van der Waals surface area contributed by atoms with E-state index in [9.17, 15) is 17.2 Å². The van der Waals surface area contributed by atoms with Crippen LogP contribution in [0.2, 0.25) is 5.02 Å². The summed E-state index contributed by atoms with van der Waals surface area (Å²) in [6.45, 7) is 0. The van der Waals surface area contributed by atoms with Crippen LogP contribution >= 0.6 is 11.6 Å². The third-order valence-corrected chi connectivity index (χ3v) is 6.60. The smallest absolute Gasteiger partial charge is 0.242 e. The summed E-state index contributed by atoms with van der Waals surface area (Å²) in [7, 11) is -4.10. The number of H-pyrrole nitrogens is 1. The lowest BCUT2D eigenvalue weighted by molar-refractivity contribution is 0.439. The highest BCUT2D eigenvalue weighted by Gasteiger charge is 2.29. The molecule has 1 aliphatic carbocycles. The number of fused-ring (bicyclic) bond motifs is 1. The van der Waals surface area contributed by atoms with Gasteiger partial charge in [0.25, 0.3) is 0 Å². The standard InChI is InChI=1S/C19H16ClF2N3O3S/c20-14-8-18(28-12-6-4-11(21)5-7-12)15(22)9-19(14)29(26,27)25-17-3-1-2-16-13(17)10-23-24-16/h4-10,17,25H,1-3H2,(H,23,24)/t17-/m1/s1. The van der Waals surface area contributed by atoms with Gasteiger partial charge in [-0.05, 0) is 49.6 Å². The number of rotatable bonds is 5. The van der Waals surface area contributed by atoms with Crippen LogP contribution in [0.1, 0.15) is 30.1 Å². The molecule has 10 heteroatoms. The zero-order valence-electron chi connectivity index (χ0n) is 15.0. The number of hydrogen-bond acceptors (Lipinski definition) is 4.